The van der Waals surface area contributed by atoms with Gasteiger partial charge in [0.15, 0.2) is 0 Å². The van der Waals surface area contributed by atoms with Crippen molar-refractivity contribution in [2.45, 2.75) is 19.9 Å². The molecular weight excluding hydrogens is 278 g/mol. The van der Waals surface area contributed by atoms with Crippen LogP contribution in [-0.4, -0.2) is 17.0 Å². The lowest BCUT2D eigenvalue weighted by atomic mass is 10.2. The second kappa shape index (κ2) is 5.87. The highest BCUT2D eigenvalue weighted by molar-refractivity contribution is 7.09. The summed E-state index contributed by atoms with van der Waals surface area (Å²) in [7, 11) is 1.54. The van der Waals surface area contributed by atoms with Crippen molar-refractivity contribution < 1.29 is 9.66 Å². The highest BCUT2D eigenvalue weighted by Crippen LogP contribution is 2.33. The van der Waals surface area contributed by atoms with Gasteiger partial charge in [0, 0.05) is 17.0 Å². The number of nitrogens with zero attached hydrogens (tertiary/aromatic N) is 2. The molecule has 1 aromatic carbocycles. The van der Waals surface area contributed by atoms with Gasteiger partial charge in [-0.3, -0.25) is 10.1 Å². The van der Waals surface area contributed by atoms with E-state index in [9.17, 15) is 10.1 Å². The summed E-state index contributed by atoms with van der Waals surface area (Å²) in [5, 5.41) is 14.1. The van der Waals surface area contributed by atoms with Crippen molar-refractivity contribution in [3.05, 3.63) is 44.4 Å². The summed E-state index contributed by atoms with van der Waals surface area (Å²) >= 11 is 1.55. The number of ether oxygens (including phenoxy) is 1. The molecule has 0 fully saturated rings. The van der Waals surface area contributed by atoms with Crippen molar-refractivity contribution in [3.8, 4) is 5.75 Å². The van der Waals surface area contributed by atoms with Gasteiger partial charge >= 0.3 is 0 Å². The molecule has 0 radical (unpaired) electrons. The van der Waals surface area contributed by atoms with Gasteiger partial charge in [0.1, 0.15) is 5.75 Å². The molecule has 0 saturated carbocycles. The number of rotatable bonds is 5. The Kier molecular flexibility index (Phi) is 4.19. The SMILES string of the molecule is COc1ccc([N+](=O)[O-])cc1NC(C)c1scnc1C. The zero-order valence-corrected chi connectivity index (χ0v) is 12.2. The van der Waals surface area contributed by atoms with Crippen LogP contribution in [-0.2, 0) is 0 Å². The zero-order chi connectivity index (χ0) is 14.7. The molecule has 2 rings (SSSR count). The van der Waals surface area contributed by atoms with Crippen molar-refractivity contribution in [2.75, 3.05) is 12.4 Å². The lowest BCUT2D eigenvalue weighted by molar-refractivity contribution is -0.384. The molecule has 2 aromatic rings. The summed E-state index contributed by atoms with van der Waals surface area (Å²) < 4.78 is 5.23. The van der Waals surface area contributed by atoms with Gasteiger partial charge in [-0.05, 0) is 19.9 Å². The number of methoxy groups -OCH3 is 1. The molecule has 0 aliphatic carbocycles. The topological polar surface area (TPSA) is 77.3 Å². The van der Waals surface area contributed by atoms with Crippen molar-refractivity contribution in [1.82, 2.24) is 4.98 Å². The van der Waals surface area contributed by atoms with Crippen molar-refractivity contribution in [3.63, 3.8) is 0 Å². The van der Waals surface area contributed by atoms with Gasteiger partial charge in [0.2, 0.25) is 0 Å². The Morgan fingerprint density at radius 1 is 1.50 bits per heavy atom. The first-order valence-electron chi connectivity index (χ1n) is 6.02. The van der Waals surface area contributed by atoms with Gasteiger partial charge in [-0.2, -0.15) is 0 Å². The Morgan fingerprint density at radius 2 is 2.25 bits per heavy atom. The molecular formula is C13H15N3O3S. The zero-order valence-electron chi connectivity index (χ0n) is 11.4. The summed E-state index contributed by atoms with van der Waals surface area (Å²) in [5.41, 5.74) is 3.37. The molecule has 1 unspecified atom stereocenters. The molecule has 1 heterocycles. The standard InChI is InChI=1S/C13H15N3O3S/c1-8-13(20-7-14-8)9(2)15-11-6-10(16(17)18)4-5-12(11)19-3/h4-7,9,15H,1-3H3. The fourth-order valence-corrected chi connectivity index (χ4v) is 2.76. The van der Waals surface area contributed by atoms with E-state index in [0.29, 0.717) is 11.4 Å². The number of aromatic nitrogens is 1. The second-order valence-corrected chi connectivity index (χ2v) is 5.20. The van der Waals surface area contributed by atoms with E-state index in [0.717, 1.165) is 10.6 Å². The van der Waals surface area contributed by atoms with Gasteiger partial charge in [0.25, 0.3) is 5.69 Å². The number of aryl methyl sites for hydroxylation is 1. The molecule has 1 aromatic heterocycles. The lowest BCUT2D eigenvalue weighted by Crippen LogP contribution is -2.08. The largest absolute Gasteiger partial charge is 0.495 e. The van der Waals surface area contributed by atoms with Gasteiger partial charge in [-0.15, -0.1) is 11.3 Å². The number of non-ortho nitro benzene ring substituents is 1. The molecule has 1 N–H and O–H groups in total. The molecule has 106 valence electrons. The molecule has 0 amide bonds. The summed E-state index contributed by atoms with van der Waals surface area (Å²) in [5.74, 6) is 0.574. The van der Waals surface area contributed by atoms with Crippen LogP contribution in [0.5, 0.6) is 5.75 Å². The van der Waals surface area contributed by atoms with E-state index in [1.165, 1.54) is 19.2 Å². The molecule has 0 aliphatic rings. The van der Waals surface area contributed by atoms with Crippen LogP contribution < -0.4 is 10.1 Å². The third-order valence-corrected chi connectivity index (χ3v) is 4.06. The van der Waals surface area contributed by atoms with Gasteiger partial charge < -0.3 is 10.1 Å². The number of anilines is 1. The van der Waals surface area contributed by atoms with E-state index in [1.807, 2.05) is 13.8 Å². The first-order valence-corrected chi connectivity index (χ1v) is 6.90. The molecule has 0 aliphatic heterocycles. The highest BCUT2D eigenvalue weighted by Gasteiger charge is 2.16. The van der Waals surface area contributed by atoms with Crippen LogP contribution in [0.25, 0.3) is 0 Å². The summed E-state index contributed by atoms with van der Waals surface area (Å²) in [6, 6.07) is 4.49. The molecule has 7 heteroatoms. The molecule has 0 bridgehead atoms. The Morgan fingerprint density at radius 3 is 2.80 bits per heavy atom. The third-order valence-electron chi connectivity index (χ3n) is 2.94. The number of benzene rings is 1. The van der Waals surface area contributed by atoms with Gasteiger partial charge in [0.05, 0.1) is 35.0 Å². The summed E-state index contributed by atoms with van der Waals surface area (Å²) in [4.78, 5) is 15.7. The quantitative estimate of drug-likeness (QED) is 0.674. The third kappa shape index (κ3) is 2.88. The van der Waals surface area contributed by atoms with E-state index >= 15 is 0 Å². The normalized spacial score (nSPS) is 11.9. The van der Waals surface area contributed by atoms with E-state index in [1.54, 1.807) is 22.9 Å². The fourth-order valence-electron chi connectivity index (χ4n) is 1.95. The van der Waals surface area contributed by atoms with Crippen LogP contribution in [0.1, 0.15) is 23.5 Å². The maximum Gasteiger partial charge on any atom is 0.271 e. The van der Waals surface area contributed by atoms with Crippen LogP contribution in [0.2, 0.25) is 0 Å². The number of hydrogen-bond donors (Lipinski definition) is 1. The van der Waals surface area contributed by atoms with Crippen LogP contribution >= 0.6 is 11.3 Å². The number of hydrogen-bond acceptors (Lipinski definition) is 6. The molecule has 0 spiro atoms. The Hall–Kier alpha value is -2.15. The summed E-state index contributed by atoms with van der Waals surface area (Å²) in [6.07, 6.45) is 0. The van der Waals surface area contributed by atoms with E-state index < -0.39 is 4.92 Å². The van der Waals surface area contributed by atoms with E-state index in [2.05, 4.69) is 10.3 Å². The predicted molar refractivity (Wildman–Crippen MR) is 78.5 cm³/mol. The number of nitro groups is 1. The summed E-state index contributed by atoms with van der Waals surface area (Å²) in [6.45, 7) is 3.92. The molecule has 1 atom stereocenters. The minimum absolute atomic E-state index is 0.00148. The molecule has 0 saturated heterocycles. The molecule has 6 nitrogen and oxygen atoms in total. The van der Waals surface area contributed by atoms with Gasteiger partial charge in [-0.1, -0.05) is 0 Å². The maximum atomic E-state index is 10.9. The Bertz CT molecular complexity index is 627. The minimum atomic E-state index is -0.423. The fraction of sp³-hybridized carbons (Fsp3) is 0.308. The highest BCUT2D eigenvalue weighted by atomic mass is 32.1. The average Bonchev–Trinajstić information content (AvgIpc) is 2.84. The number of nitro benzene ring substituents is 1. The number of nitrogens with one attached hydrogen (secondary N) is 1. The predicted octanol–water partition coefficient (Wildman–Crippen LogP) is 3.54. The van der Waals surface area contributed by atoms with Crippen LogP contribution in [0, 0.1) is 17.0 Å². The number of thiazole rings is 1. The molecule has 20 heavy (non-hydrogen) atoms. The second-order valence-electron chi connectivity index (χ2n) is 4.31. The monoisotopic (exact) mass is 293 g/mol. The van der Waals surface area contributed by atoms with Crippen molar-refractivity contribution in [1.29, 1.82) is 0 Å². The first kappa shape index (κ1) is 14.3. The van der Waals surface area contributed by atoms with Crippen molar-refractivity contribution in [2.24, 2.45) is 0 Å². The van der Waals surface area contributed by atoms with Gasteiger partial charge in [-0.25, -0.2) is 4.98 Å². The van der Waals surface area contributed by atoms with Crippen LogP contribution in [0.15, 0.2) is 23.7 Å². The average molecular weight is 293 g/mol. The van der Waals surface area contributed by atoms with E-state index in [4.69, 9.17) is 4.74 Å². The first-order chi connectivity index (χ1) is 9.52. The Labute approximate surface area is 120 Å². The van der Waals surface area contributed by atoms with Crippen LogP contribution in [0.3, 0.4) is 0 Å². The van der Waals surface area contributed by atoms with E-state index in [-0.39, 0.29) is 11.7 Å². The Balaban J connectivity index is 2.29. The maximum absolute atomic E-state index is 10.9. The lowest BCUT2D eigenvalue weighted by Gasteiger charge is -2.16. The minimum Gasteiger partial charge on any atom is -0.495 e. The smallest absolute Gasteiger partial charge is 0.271 e. The van der Waals surface area contributed by atoms with Crippen molar-refractivity contribution >= 4 is 22.7 Å². The van der Waals surface area contributed by atoms with Crippen LogP contribution in [0.4, 0.5) is 11.4 Å².